The Balaban J connectivity index is 0.00000392. The topological polar surface area (TPSA) is 67.4 Å². The Morgan fingerprint density at radius 1 is 1.18 bits per heavy atom. The smallest absolute Gasteiger partial charge is 0.195 e. The van der Waals surface area contributed by atoms with Gasteiger partial charge < -0.3 is 24.8 Å². The number of guanidine groups is 1. The lowest BCUT2D eigenvalue weighted by atomic mass is 10.0. The van der Waals surface area contributed by atoms with Crippen molar-refractivity contribution in [1.29, 1.82) is 0 Å². The number of nitrogens with one attached hydrogen (secondary N) is 2. The summed E-state index contributed by atoms with van der Waals surface area (Å²) in [5.41, 5.74) is 0.903. The molecule has 1 saturated heterocycles. The molecule has 2 rings (SSSR count). The van der Waals surface area contributed by atoms with Gasteiger partial charge in [-0.2, -0.15) is 0 Å². The van der Waals surface area contributed by atoms with Crippen molar-refractivity contribution in [1.82, 2.24) is 10.2 Å². The SMILES string of the molecule is CCNC(=NCC(C(C)C)N1CCOCC1)Nc1ccc(OC)c(OC)c1.I. The molecule has 0 spiro atoms. The van der Waals surface area contributed by atoms with Gasteiger partial charge in [-0.15, -0.1) is 24.0 Å². The Hall–Kier alpha value is -1.26. The highest BCUT2D eigenvalue weighted by Crippen LogP contribution is 2.29. The second-order valence-electron chi connectivity index (χ2n) is 6.87. The molecule has 28 heavy (non-hydrogen) atoms. The van der Waals surface area contributed by atoms with Crippen LogP contribution in [0.25, 0.3) is 0 Å². The largest absolute Gasteiger partial charge is 0.493 e. The van der Waals surface area contributed by atoms with Gasteiger partial charge in [0.15, 0.2) is 17.5 Å². The van der Waals surface area contributed by atoms with E-state index in [0.29, 0.717) is 23.5 Å². The van der Waals surface area contributed by atoms with Crippen LogP contribution in [0.1, 0.15) is 20.8 Å². The van der Waals surface area contributed by atoms with Crippen molar-refractivity contribution in [2.45, 2.75) is 26.8 Å². The average molecular weight is 506 g/mol. The van der Waals surface area contributed by atoms with Gasteiger partial charge in [0.1, 0.15) is 0 Å². The lowest BCUT2D eigenvalue weighted by Gasteiger charge is -2.36. The van der Waals surface area contributed by atoms with Crippen LogP contribution in [0.15, 0.2) is 23.2 Å². The molecule has 0 aromatic heterocycles. The number of nitrogens with zero attached hydrogens (tertiary/aromatic N) is 2. The normalized spacial score (nSPS) is 16.3. The van der Waals surface area contributed by atoms with Gasteiger partial charge in [-0.3, -0.25) is 9.89 Å². The summed E-state index contributed by atoms with van der Waals surface area (Å²) in [6.07, 6.45) is 0. The second-order valence-corrected chi connectivity index (χ2v) is 6.87. The van der Waals surface area contributed by atoms with Crippen molar-refractivity contribution in [3.63, 3.8) is 0 Å². The number of hydrogen-bond acceptors (Lipinski definition) is 5. The van der Waals surface area contributed by atoms with Crippen molar-refractivity contribution < 1.29 is 14.2 Å². The number of methoxy groups -OCH3 is 2. The summed E-state index contributed by atoms with van der Waals surface area (Å²) in [6.45, 7) is 11.6. The van der Waals surface area contributed by atoms with Crippen molar-refractivity contribution in [3.8, 4) is 11.5 Å². The van der Waals surface area contributed by atoms with Gasteiger partial charge in [0, 0.05) is 37.4 Å². The predicted octanol–water partition coefficient (Wildman–Crippen LogP) is 3.06. The first-order valence-electron chi connectivity index (χ1n) is 9.68. The summed E-state index contributed by atoms with van der Waals surface area (Å²) < 4.78 is 16.2. The van der Waals surface area contributed by atoms with Crippen LogP contribution in [0.3, 0.4) is 0 Å². The van der Waals surface area contributed by atoms with Crippen LogP contribution in [0.2, 0.25) is 0 Å². The summed E-state index contributed by atoms with van der Waals surface area (Å²) in [4.78, 5) is 7.33. The first-order valence-corrected chi connectivity index (χ1v) is 9.68. The Morgan fingerprint density at radius 3 is 2.43 bits per heavy atom. The van der Waals surface area contributed by atoms with E-state index in [2.05, 4.69) is 36.3 Å². The zero-order valence-electron chi connectivity index (χ0n) is 17.7. The highest BCUT2D eigenvalue weighted by atomic mass is 127. The van der Waals surface area contributed by atoms with E-state index in [1.807, 2.05) is 18.2 Å². The number of ether oxygens (including phenoxy) is 3. The fourth-order valence-electron chi connectivity index (χ4n) is 3.20. The van der Waals surface area contributed by atoms with Crippen LogP contribution in [0.4, 0.5) is 5.69 Å². The zero-order chi connectivity index (χ0) is 19.6. The molecule has 0 bridgehead atoms. The maximum Gasteiger partial charge on any atom is 0.195 e. The van der Waals surface area contributed by atoms with Crippen LogP contribution in [-0.2, 0) is 4.74 Å². The minimum atomic E-state index is 0. The minimum absolute atomic E-state index is 0. The number of anilines is 1. The molecular formula is C20H35IN4O3. The number of benzene rings is 1. The molecule has 7 nitrogen and oxygen atoms in total. The molecule has 8 heteroatoms. The van der Waals surface area contributed by atoms with Gasteiger partial charge in [0.05, 0.1) is 34.0 Å². The Bertz CT molecular complexity index is 607. The molecule has 0 amide bonds. The highest BCUT2D eigenvalue weighted by Gasteiger charge is 2.23. The summed E-state index contributed by atoms with van der Waals surface area (Å²) in [5, 5.41) is 6.68. The second kappa shape index (κ2) is 13.1. The summed E-state index contributed by atoms with van der Waals surface area (Å²) >= 11 is 0. The van der Waals surface area contributed by atoms with Crippen LogP contribution in [0.5, 0.6) is 11.5 Å². The van der Waals surface area contributed by atoms with Gasteiger partial charge in [-0.1, -0.05) is 13.8 Å². The highest BCUT2D eigenvalue weighted by molar-refractivity contribution is 14.0. The molecule has 0 aliphatic carbocycles. The molecule has 1 aromatic carbocycles. The van der Waals surface area contributed by atoms with E-state index in [0.717, 1.165) is 51.0 Å². The predicted molar refractivity (Wildman–Crippen MR) is 126 cm³/mol. The fourth-order valence-corrected chi connectivity index (χ4v) is 3.20. The van der Waals surface area contributed by atoms with Crippen molar-refractivity contribution in [2.24, 2.45) is 10.9 Å². The molecule has 0 radical (unpaired) electrons. The monoisotopic (exact) mass is 506 g/mol. The van der Waals surface area contributed by atoms with Gasteiger partial charge in [0.25, 0.3) is 0 Å². The summed E-state index contributed by atoms with van der Waals surface area (Å²) in [7, 11) is 3.27. The van der Waals surface area contributed by atoms with E-state index in [4.69, 9.17) is 19.2 Å². The Morgan fingerprint density at radius 2 is 1.86 bits per heavy atom. The zero-order valence-corrected chi connectivity index (χ0v) is 20.0. The van der Waals surface area contributed by atoms with Crippen LogP contribution in [-0.4, -0.2) is 70.5 Å². The van der Waals surface area contributed by atoms with Crippen molar-refractivity contribution in [2.75, 3.05) is 58.9 Å². The number of halogens is 1. The van der Waals surface area contributed by atoms with Gasteiger partial charge >= 0.3 is 0 Å². The third-order valence-corrected chi connectivity index (χ3v) is 4.71. The van der Waals surface area contributed by atoms with Gasteiger partial charge in [-0.05, 0) is 25.0 Å². The Labute approximate surface area is 186 Å². The van der Waals surface area contributed by atoms with Gasteiger partial charge in [0.2, 0.25) is 0 Å². The first kappa shape index (κ1) is 24.8. The van der Waals surface area contributed by atoms with E-state index in [-0.39, 0.29) is 24.0 Å². The Kier molecular flexibility index (Phi) is 11.6. The lowest BCUT2D eigenvalue weighted by molar-refractivity contribution is 0.00869. The molecule has 1 aliphatic rings. The minimum Gasteiger partial charge on any atom is -0.493 e. The molecule has 0 saturated carbocycles. The molecule has 2 N–H and O–H groups in total. The molecule has 1 heterocycles. The first-order chi connectivity index (χ1) is 13.1. The van der Waals surface area contributed by atoms with E-state index >= 15 is 0 Å². The average Bonchev–Trinajstić information content (AvgIpc) is 2.68. The molecule has 1 aliphatic heterocycles. The third-order valence-electron chi connectivity index (χ3n) is 4.71. The number of aliphatic imine (C=N–C) groups is 1. The standard InChI is InChI=1S/C20H34N4O3.HI/c1-6-21-20(23-16-7-8-18(25-4)19(13-16)26-5)22-14-17(15(2)3)24-9-11-27-12-10-24;/h7-8,13,15,17H,6,9-12,14H2,1-5H3,(H2,21,22,23);1H. The number of hydrogen-bond donors (Lipinski definition) is 2. The molecule has 1 unspecified atom stereocenters. The van der Waals surface area contributed by atoms with E-state index in [9.17, 15) is 0 Å². The lowest BCUT2D eigenvalue weighted by Crippen LogP contribution is -2.48. The summed E-state index contributed by atoms with van der Waals surface area (Å²) in [6, 6.07) is 6.15. The molecular weight excluding hydrogens is 471 g/mol. The quantitative estimate of drug-likeness (QED) is 0.321. The van der Waals surface area contributed by atoms with Crippen LogP contribution >= 0.6 is 24.0 Å². The van der Waals surface area contributed by atoms with Crippen molar-refractivity contribution in [3.05, 3.63) is 18.2 Å². The number of morpholine rings is 1. The van der Waals surface area contributed by atoms with E-state index < -0.39 is 0 Å². The summed E-state index contributed by atoms with van der Waals surface area (Å²) in [5.74, 6) is 2.68. The van der Waals surface area contributed by atoms with Crippen LogP contribution in [0, 0.1) is 5.92 Å². The molecule has 1 atom stereocenters. The molecule has 160 valence electrons. The van der Waals surface area contributed by atoms with Gasteiger partial charge in [-0.25, -0.2) is 0 Å². The maximum absolute atomic E-state index is 5.49. The van der Waals surface area contributed by atoms with E-state index in [1.54, 1.807) is 14.2 Å². The molecule has 1 aromatic rings. The fraction of sp³-hybridized carbons (Fsp3) is 0.650. The molecule has 1 fully saturated rings. The third kappa shape index (κ3) is 7.29. The number of rotatable bonds is 8. The van der Waals surface area contributed by atoms with E-state index in [1.165, 1.54) is 0 Å². The maximum atomic E-state index is 5.49. The van der Waals surface area contributed by atoms with Crippen LogP contribution < -0.4 is 20.1 Å². The van der Waals surface area contributed by atoms with Crippen molar-refractivity contribution >= 4 is 35.6 Å².